The van der Waals surface area contributed by atoms with E-state index in [1.807, 2.05) is 13.0 Å². The molecule has 16 nitrogen and oxygen atoms in total. The highest BCUT2D eigenvalue weighted by Crippen LogP contribution is 2.32. The second-order valence-electron chi connectivity index (χ2n) is 16.1. The summed E-state index contributed by atoms with van der Waals surface area (Å²) in [5, 5.41) is 62.4. The summed E-state index contributed by atoms with van der Waals surface area (Å²) in [7, 11) is 1.59. The minimum absolute atomic E-state index is 0.0151. The lowest BCUT2D eigenvalue weighted by Crippen LogP contribution is -2.69. The summed E-state index contributed by atoms with van der Waals surface area (Å²) >= 11 is 0. The molecule has 2 heterocycles. The van der Waals surface area contributed by atoms with E-state index in [1.54, 1.807) is 13.3 Å². The number of allylic oxidation sites excluding steroid dienone is 6. The van der Waals surface area contributed by atoms with E-state index in [0.29, 0.717) is 25.9 Å². The van der Waals surface area contributed by atoms with Gasteiger partial charge in [-0.15, -0.1) is 0 Å². The van der Waals surface area contributed by atoms with Crippen molar-refractivity contribution in [2.24, 2.45) is 16.5 Å². The number of carbonyl (C=O) groups is 1. The van der Waals surface area contributed by atoms with Gasteiger partial charge in [-0.2, -0.15) is 0 Å². The van der Waals surface area contributed by atoms with Crippen LogP contribution in [-0.4, -0.2) is 157 Å². The molecule has 56 heavy (non-hydrogen) atoms. The van der Waals surface area contributed by atoms with Gasteiger partial charge in [0, 0.05) is 38.3 Å². The van der Waals surface area contributed by atoms with E-state index < -0.39 is 78.8 Å². The van der Waals surface area contributed by atoms with Crippen molar-refractivity contribution in [1.29, 1.82) is 0 Å². The molecule has 3 aliphatic rings. The molecule has 0 spiro atoms. The minimum atomic E-state index is -1.46. The number of nitrogens with two attached hydrogens (primary N) is 2. The molecule has 1 amide bonds. The molecule has 0 aromatic carbocycles. The summed E-state index contributed by atoms with van der Waals surface area (Å²) in [5.74, 6) is -0.701. The van der Waals surface area contributed by atoms with E-state index in [1.165, 1.54) is 23.6 Å². The third kappa shape index (κ3) is 15.2. The first-order valence-corrected chi connectivity index (χ1v) is 20.2. The van der Waals surface area contributed by atoms with Gasteiger partial charge >= 0.3 is 0 Å². The third-order valence-corrected chi connectivity index (χ3v) is 10.6. The average Bonchev–Trinajstić information content (AvgIpc) is 3.13. The summed E-state index contributed by atoms with van der Waals surface area (Å²) in [4.78, 5) is 17.7. The molecule has 3 fully saturated rings. The Morgan fingerprint density at radius 2 is 1.70 bits per heavy atom. The summed E-state index contributed by atoms with van der Waals surface area (Å²) < 4.78 is 24.3. The second-order valence-corrected chi connectivity index (χ2v) is 16.1. The number of nitrogens with one attached hydrogen (secondary N) is 3. The maximum atomic E-state index is 13.3. The predicted molar refractivity (Wildman–Crippen MR) is 215 cm³/mol. The highest BCUT2D eigenvalue weighted by Gasteiger charge is 2.52. The molecule has 0 aromatic heterocycles. The fourth-order valence-corrected chi connectivity index (χ4v) is 7.29. The van der Waals surface area contributed by atoms with E-state index in [0.717, 1.165) is 25.7 Å². The van der Waals surface area contributed by atoms with Gasteiger partial charge in [-0.05, 0) is 92.7 Å². The number of nitrogens with zero attached hydrogens (tertiary/aromatic N) is 1. The molecule has 13 atom stereocenters. The number of aliphatic hydroxyl groups is 5. The van der Waals surface area contributed by atoms with Crippen molar-refractivity contribution in [3.05, 3.63) is 34.9 Å². The third-order valence-electron chi connectivity index (χ3n) is 10.6. The van der Waals surface area contributed by atoms with Gasteiger partial charge in [0.25, 0.3) is 0 Å². The summed E-state index contributed by atoms with van der Waals surface area (Å²) in [6.07, 6.45) is 4.51. The van der Waals surface area contributed by atoms with Crippen LogP contribution in [0.3, 0.4) is 0 Å². The fourth-order valence-electron chi connectivity index (χ4n) is 7.29. The van der Waals surface area contributed by atoms with Crippen molar-refractivity contribution in [3.8, 4) is 0 Å². The first-order chi connectivity index (χ1) is 26.6. The van der Waals surface area contributed by atoms with Crippen LogP contribution in [0.4, 0.5) is 0 Å². The Morgan fingerprint density at radius 3 is 2.39 bits per heavy atom. The molecule has 16 heteroatoms. The van der Waals surface area contributed by atoms with Crippen LogP contribution in [0.15, 0.2) is 39.9 Å². The average molecular weight is 797 g/mol. The zero-order valence-electron chi connectivity index (χ0n) is 34.3. The lowest BCUT2D eigenvalue weighted by atomic mass is 9.83. The Hall–Kier alpha value is -2.16. The van der Waals surface area contributed by atoms with Crippen LogP contribution in [-0.2, 0) is 23.7 Å². The van der Waals surface area contributed by atoms with Crippen LogP contribution in [0.1, 0.15) is 86.0 Å². The fraction of sp³-hybridized carbons (Fsp3) is 0.800. The molecule has 0 radical (unpaired) electrons. The smallest absolute Gasteiger partial charge is 0.249 e. The maximum absolute atomic E-state index is 13.3. The van der Waals surface area contributed by atoms with Crippen molar-refractivity contribution >= 4 is 12.1 Å². The van der Waals surface area contributed by atoms with Gasteiger partial charge in [0.1, 0.15) is 36.1 Å². The van der Waals surface area contributed by atoms with Crippen LogP contribution < -0.4 is 27.4 Å². The van der Waals surface area contributed by atoms with Crippen LogP contribution in [0.5, 0.6) is 0 Å². The van der Waals surface area contributed by atoms with Crippen molar-refractivity contribution < 1.29 is 49.3 Å². The molecule has 2 aliphatic heterocycles. The SMILES string of the molecule is CNC1C(O)C(OC2C(NC(=O)C(O)CCN=C/C=C(\C)CC/C=C(\C)CCC=C(C)C)CC(N)C(OC3OC(CNCCO)CCC3N)C2O)OCC1(C)O. The number of carbonyl (C=O) groups excluding carboxylic acids is 1. The largest absolute Gasteiger partial charge is 0.395 e. The monoisotopic (exact) mass is 797 g/mol. The van der Waals surface area contributed by atoms with E-state index >= 15 is 0 Å². The Bertz CT molecular complexity index is 1310. The van der Waals surface area contributed by atoms with E-state index in [2.05, 4.69) is 53.9 Å². The number of hydrogen-bond donors (Lipinski definition) is 10. The first-order valence-electron chi connectivity index (χ1n) is 20.2. The number of amides is 1. The summed E-state index contributed by atoms with van der Waals surface area (Å²) in [6.45, 7) is 10.8. The van der Waals surface area contributed by atoms with E-state index in [4.69, 9.17) is 35.5 Å². The number of likely N-dealkylation sites (N-methyl/N-ethyl adjacent to an activating group) is 1. The lowest BCUT2D eigenvalue weighted by molar-refractivity contribution is -0.307. The molecule has 0 aromatic rings. The van der Waals surface area contributed by atoms with Gasteiger partial charge in [0.05, 0.1) is 37.4 Å². The van der Waals surface area contributed by atoms with Gasteiger partial charge in [-0.25, -0.2) is 0 Å². The molecule has 3 rings (SSSR count). The maximum Gasteiger partial charge on any atom is 0.249 e. The summed E-state index contributed by atoms with van der Waals surface area (Å²) in [5.41, 5.74) is 15.4. The molecule has 322 valence electrons. The van der Waals surface area contributed by atoms with E-state index in [-0.39, 0.29) is 38.7 Å². The van der Waals surface area contributed by atoms with Gasteiger partial charge in [-0.1, -0.05) is 28.9 Å². The quantitative estimate of drug-likeness (QED) is 0.0419. The molecular weight excluding hydrogens is 724 g/mol. The van der Waals surface area contributed by atoms with Crippen LogP contribution in [0, 0.1) is 0 Å². The Labute approximate surface area is 333 Å². The van der Waals surface area contributed by atoms with Crippen LogP contribution in [0.25, 0.3) is 0 Å². The zero-order chi connectivity index (χ0) is 41.4. The molecular formula is C40H72N6O10. The number of rotatable bonds is 21. The number of aliphatic hydroxyl groups excluding tert-OH is 4. The Morgan fingerprint density at radius 1 is 1.00 bits per heavy atom. The Balaban J connectivity index is 1.64. The Kier molecular flexibility index (Phi) is 20.7. The molecule has 2 saturated heterocycles. The minimum Gasteiger partial charge on any atom is -0.395 e. The van der Waals surface area contributed by atoms with E-state index in [9.17, 15) is 25.2 Å². The van der Waals surface area contributed by atoms with Crippen molar-refractivity contribution in [2.45, 2.75) is 165 Å². The van der Waals surface area contributed by atoms with Crippen molar-refractivity contribution in [3.63, 3.8) is 0 Å². The van der Waals surface area contributed by atoms with Crippen LogP contribution >= 0.6 is 0 Å². The molecule has 1 saturated carbocycles. The van der Waals surface area contributed by atoms with Crippen molar-refractivity contribution in [1.82, 2.24) is 16.0 Å². The van der Waals surface area contributed by atoms with Crippen molar-refractivity contribution in [2.75, 3.05) is 39.9 Å². The van der Waals surface area contributed by atoms with Gasteiger partial charge in [0.15, 0.2) is 12.6 Å². The standard InChI is InChI=1S/C40H72N6O10/c1-24(2)9-7-10-25(3)11-8-12-26(4)15-17-44-18-16-31(48)37(51)46-30-21-29(42)34(55-38-28(41)14-13-27(54-38)22-45-19-20-47)32(49)35(30)56-39-33(50)36(43-6)40(5,52)23-53-39/h9,11,15,17,27-36,38-39,43,45,47-50,52H,7-8,10,12-14,16,18-23,41-42H2,1-6H3,(H,46,51)/b25-11+,26-15+,44-17?. The highest BCUT2D eigenvalue weighted by molar-refractivity contribution is 5.81. The number of hydrogen-bond acceptors (Lipinski definition) is 15. The predicted octanol–water partition coefficient (Wildman–Crippen LogP) is 0.0450. The molecule has 12 N–H and O–H groups in total. The van der Waals surface area contributed by atoms with Crippen LogP contribution in [0.2, 0.25) is 0 Å². The van der Waals surface area contributed by atoms with Gasteiger partial charge in [0.2, 0.25) is 5.91 Å². The highest BCUT2D eigenvalue weighted by atomic mass is 16.7. The molecule has 13 unspecified atom stereocenters. The number of ether oxygens (including phenoxy) is 4. The topological polar surface area (TPSA) is 256 Å². The molecule has 1 aliphatic carbocycles. The molecule has 0 bridgehead atoms. The first kappa shape index (κ1) is 48.2. The van der Waals surface area contributed by atoms with Gasteiger partial charge < -0.3 is 71.9 Å². The number of aliphatic imine (C=N–C) groups is 1. The summed E-state index contributed by atoms with van der Waals surface area (Å²) in [6, 6.07) is -3.09. The zero-order valence-corrected chi connectivity index (χ0v) is 34.3. The normalized spacial score (nSPS) is 35.1. The second kappa shape index (κ2) is 24.1. The van der Waals surface area contributed by atoms with Gasteiger partial charge in [-0.3, -0.25) is 9.79 Å². The lowest BCUT2D eigenvalue weighted by Gasteiger charge is -2.49.